The number of rotatable bonds is 5. The molecule has 0 saturated carbocycles. The number of ether oxygens (including phenoxy) is 1. The second kappa shape index (κ2) is 9.22. The quantitative estimate of drug-likeness (QED) is 0.217. The first-order valence-corrected chi connectivity index (χ1v) is 10.1. The van der Waals surface area contributed by atoms with Gasteiger partial charge in [-0.3, -0.25) is 4.79 Å². The van der Waals surface area contributed by atoms with Gasteiger partial charge in [0.05, 0.1) is 23.1 Å². The normalized spacial score (nSPS) is 11.4. The van der Waals surface area contributed by atoms with Crippen molar-refractivity contribution in [2.24, 2.45) is 0 Å². The zero-order valence-corrected chi connectivity index (χ0v) is 18.3. The average Bonchev–Trinajstić information content (AvgIpc) is 3.45. The summed E-state index contributed by atoms with van der Waals surface area (Å²) in [5.41, 5.74) is -2.37. The standard InChI is InChI=1S/C22H13ClF4N4O4/c1-11(32)30-13-3-2-4-14(5-13)31-20(22(25,26)27)16(9-28-31)15-6-19(17(23)7-18(15)24)35-21(33)12-8-29-34-10-12/h2-10H,1H3,(H,30,32). The predicted octanol–water partition coefficient (Wildman–Crippen LogP) is 5.52. The van der Waals surface area contributed by atoms with Crippen molar-refractivity contribution in [2.75, 3.05) is 5.32 Å². The van der Waals surface area contributed by atoms with Gasteiger partial charge in [-0.25, -0.2) is 13.9 Å². The van der Waals surface area contributed by atoms with Crippen LogP contribution in [-0.2, 0) is 11.0 Å². The third-order valence-corrected chi connectivity index (χ3v) is 4.93. The van der Waals surface area contributed by atoms with Crippen molar-refractivity contribution in [1.29, 1.82) is 0 Å². The van der Waals surface area contributed by atoms with Crippen LogP contribution in [0.15, 0.2) is 59.6 Å². The van der Waals surface area contributed by atoms with E-state index >= 15 is 0 Å². The van der Waals surface area contributed by atoms with E-state index in [-0.39, 0.29) is 27.7 Å². The number of carbonyl (C=O) groups excluding carboxylic acids is 2. The highest BCUT2D eigenvalue weighted by molar-refractivity contribution is 6.32. The molecule has 0 unspecified atom stereocenters. The van der Waals surface area contributed by atoms with E-state index in [0.29, 0.717) is 4.68 Å². The van der Waals surface area contributed by atoms with Crippen molar-refractivity contribution in [3.05, 3.63) is 77.2 Å². The Morgan fingerprint density at radius 1 is 1.14 bits per heavy atom. The molecule has 1 N–H and O–H groups in total. The van der Waals surface area contributed by atoms with Gasteiger partial charge in [-0.05, 0) is 30.3 Å². The number of esters is 1. The minimum absolute atomic E-state index is 0.0386. The summed E-state index contributed by atoms with van der Waals surface area (Å²) < 4.78 is 67.5. The molecule has 0 aliphatic carbocycles. The summed E-state index contributed by atoms with van der Waals surface area (Å²) in [4.78, 5) is 23.5. The third kappa shape index (κ3) is 5.01. The molecule has 8 nitrogen and oxygen atoms in total. The van der Waals surface area contributed by atoms with Gasteiger partial charge in [0.25, 0.3) is 0 Å². The van der Waals surface area contributed by atoms with Crippen LogP contribution in [0.4, 0.5) is 23.2 Å². The van der Waals surface area contributed by atoms with E-state index < -0.39 is 40.7 Å². The number of amides is 1. The first-order chi connectivity index (χ1) is 16.5. The Morgan fingerprint density at radius 3 is 2.57 bits per heavy atom. The molecule has 0 radical (unpaired) electrons. The molecule has 0 aliphatic rings. The molecule has 0 atom stereocenters. The molecule has 2 aromatic heterocycles. The second-order valence-electron chi connectivity index (χ2n) is 7.11. The lowest BCUT2D eigenvalue weighted by Crippen LogP contribution is -2.15. The lowest BCUT2D eigenvalue weighted by Gasteiger charge is -2.15. The van der Waals surface area contributed by atoms with Gasteiger partial charge >= 0.3 is 12.1 Å². The highest BCUT2D eigenvalue weighted by atomic mass is 35.5. The Labute approximate surface area is 199 Å². The minimum atomic E-state index is -4.97. The maximum atomic E-state index is 14.8. The molecule has 35 heavy (non-hydrogen) atoms. The largest absolute Gasteiger partial charge is 0.434 e. The van der Waals surface area contributed by atoms with Crippen LogP contribution in [0.3, 0.4) is 0 Å². The van der Waals surface area contributed by atoms with E-state index in [9.17, 15) is 27.2 Å². The topological polar surface area (TPSA) is 99.2 Å². The molecule has 0 spiro atoms. The van der Waals surface area contributed by atoms with Gasteiger partial charge in [0.2, 0.25) is 5.91 Å². The number of hydrogen-bond donors (Lipinski definition) is 1. The van der Waals surface area contributed by atoms with Crippen LogP contribution in [0, 0.1) is 5.82 Å². The van der Waals surface area contributed by atoms with E-state index in [1.165, 1.54) is 31.2 Å². The molecule has 2 heterocycles. The summed E-state index contributed by atoms with van der Waals surface area (Å²) in [7, 11) is 0. The molecule has 13 heteroatoms. The zero-order chi connectivity index (χ0) is 25.3. The number of benzene rings is 2. The summed E-state index contributed by atoms with van der Waals surface area (Å²) in [6.07, 6.45) is -2.10. The highest BCUT2D eigenvalue weighted by Crippen LogP contribution is 2.41. The van der Waals surface area contributed by atoms with E-state index in [2.05, 4.69) is 20.1 Å². The first kappa shape index (κ1) is 24.0. The van der Waals surface area contributed by atoms with Crippen LogP contribution < -0.4 is 10.1 Å². The summed E-state index contributed by atoms with van der Waals surface area (Å²) in [6, 6.07) is 7.11. The van der Waals surface area contributed by atoms with Gasteiger partial charge in [-0.1, -0.05) is 22.8 Å². The first-order valence-electron chi connectivity index (χ1n) is 9.69. The maximum Gasteiger partial charge on any atom is 0.434 e. The smallest absolute Gasteiger partial charge is 0.421 e. The Kier molecular flexibility index (Phi) is 6.31. The van der Waals surface area contributed by atoms with E-state index in [1.807, 2.05) is 0 Å². The number of anilines is 1. The van der Waals surface area contributed by atoms with Gasteiger partial charge in [0, 0.05) is 23.7 Å². The lowest BCUT2D eigenvalue weighted by molar-refractivity contribution is -0.142. The van der Waals surface area contributed by atoms with Crippen LogP contribution >= 0.6 is 11.6 Å². The summed E-state index contributed by atoms with van der Waals surface area (Å²) in [5, 5.41) is 9.27. The van der Waals surface area contributed by atoms with Gasteiger partial charge in [-0.2, -0.15) is 18.3 Å². The monoisotopic (exact) mass is 508 g/mol. The fourth-order valence-electron chi connectivity index (χ4n) is 3.21. The molecule has 4 aromatic rings. The van der Waals surface area contributed by atoms with Crippen LogP contribution in [-0.4, -0.2) is 26.8 Å². The molecule has 0 aliphatic heterocycles. The number of halogens is 5. The number of aromatic nitrogens is 3. The summed E-state index contributed by atoms with van der Waals surface area (Å²) in [6.45, 7) is 1.25. The third-order valence-electron chi connectivity index (χ3n) is 4.63. The molecular weight excluding hydrogens is 496 g/mol. The molecule has 180 valence electrons. The van der Waals surface area contributed by atoms with Crippen LogP contribution in [0.2, 0.25) is 5.02 Å². The number of nitrogens with one attached hydrogen (secondary N) is 1. The molecule has 0 bridgehead atoms. The molecule has 4 rings (SSSR count). The minimum Gasteiger partial charge on any atom is -0.421 e. The van der Waals surface area contributed by atoms with Gasteiger partial charge < -0.3 is 14.6 Å². The van der Waals surface area contributed by atoms with Crippen molar-refractivity contribution in [2.45, 2.75) is 13.1 Å². The van der Waals surface area contributed by atoms with E-state index in [0.717, 1.165) is 30.8 Å². The van der Waals surface area contributed by atoms with Gasteiger partial charge in [0.1, 0.15) is 17.6 Å². The van der Waals surface area contributed by atoms with Crippen LogP contribution in [0.25, 0.3) is 16.8 Å². The number of alkyl halides is 3. The molecule has 0 saturated heterocycles. The lowest BCUT2D eigenvalue weighted by atomic mass is 10.0. The Morgan fingerprint density at radius 2 is 1.91 bits per heavy atom. The van der Waals surface area contributed by atoms with Gasteiger partial charge in [-0.15, -0.1) is 0 Å². The number of hydrogen-bond acceptors (Lipinski definition) is 6. The summed E-state index contributed by atoms with van der Waals surface area (Å²) in [5.74, 6) is -2.87. The Bertz CT molecular complexity index is 1420. The number of carbonyl (C=O) groups is 2. The fourth-order valence-corrected chi connectivity index (χ4v) is 3.40. The van der Waals surface area contributed by atoms with Crippen LogP contribution in [0.1, 0.15) is 23.0 Å². The van der Waals surface area contributed by atoms with Crippen molar-refractivity contribution < 1.29 is 36.4 Å². The highest BCUT2D eigenvalue weighted by Gasteiger charge is 2.40. The average molecular weight is 509 g/mol. The van der Waals surface area contributed by atoms with E-state index in [1.54, 1.807) is 0 Å². The van der Waals surface area contributed by atoms with Crippen molar-refractivity contribution in [1.82, 2.24) is 14.9 Å². The molecule has 2 aromatic carbocycles. The molecule has 1 amide bonds. The molecular formula is C22H13ClF4N4O4. The second-order valence-corrected chi connectivity index (χ2v) is 7.52. The zero-order valence-electron chi connectivity index (χ0n) is 17.6. The number of nitrogens with zero attached hydrogens (tertiary/aromatic N) is 3. The Balaban J connectivity index is 1.81. The maximum absolute atomic E-state index is 14.8. The SMILES string of the molecule is CC(=O)Nc1cccc(-n2ncc(-c3cc(OC(=O)c4cnoc4)c(Cl)cc3F)c2C(F)(F)F)c1. The summed E-state index contributed by atoms with van der Waals surface area (Å²) >= 11 is 5.95. The van der Waals surface area contributed by atoms with Gasteiger partial charge in [0.15, 0.2) is 11.4 Å². The Hall–Kier alpha value is -4.19. The van der Waals surface area contributed by atoms with Crippen molar-refractivity contribution in [3.63, 3.8) is 0 Å². The van der Waals surface area contributed by atoms with Crippen LogP contribution in [0.5, 0.6) is 5.75 Å². The predicted molar refractivity (Wildman–Crippen MR) is 115 cm³/mol. The van der Waals surface area contributed by atoms with E-state index in [4.69, 9.17) is 16.3 Å². The van der Waals surface area contributed by atoms with Crippen molar-refractivity contribution >= 4 is 29.2 Å². The fraction of sp³-hybridized carbons (Fsp3) is 0.0909. The van der Waals surface area contributed by atoms with Crippen molar-refractivity contribution in [3.8, 4) is 22.6 Å². The molecule has 0 fully saturated rings.